The third-order valence-corrected chi connectivity index (χ3v) is 3.56. The lowest BCUT2D eigenvalue weighted by Crippen LogP contribution is -2.27. The molecule has 0 aliphatic heterocycles. The van der Waals surface area contributed by atoms with Gasteiger partial charge in [-0.3, -0.25) is 0 Å². The van der Waals surface area contributed by atoms with Crippen molar-refractivity contribution in [3.05, 3.63) is 35.9 Å². The monoisotopic (exact) mass is 250 g/mol. The smallest absolute Gasteiger partial charge is 0.0206 e. The van der Waals surface area contributed by atoms with E-state index in [4.69, 9.17) is 0 Å². The van der Waals surface area contributed by atoms with Crippen molar-refractivity contribution in [3.63, 3.8) is 0 Å². The predicted octanol–water partition coefficient (Wildman–Crippen LogP) is 1.32. The van der Waals surface area contributed by atoms with Crippen molar-refractivity contribution >= 4 is 10.2 Å². The number of rotatable bonds is 10. The molecule has 1 aromatic rings. The second-order valence-corrected chi connectivity index (χ2v) is 5.47. The molecule has 0 fully saturated rings. The third-order valence-electron chi connectivity index (χ3n) is 2.86. The van der Waals surface area contributed by atoms with E-state index in [9.17, 15) is 0 Å². The van der Waals surface area contributed by atoms with Gasteiger partial charge in [0.1, 0.15) is 0 Å². The lowest BCUT2D eigenvalue weighted by Gasteiger charge is -2.06. The van der Waals surface area contributed by atoms with E-state index < -0.39 is 0 Å². The first-order valence-corrected chi connectivity index (χ1v) is 8.30. The third kappa shape index (κ3) is 8.13. The van der Waals surface area contributed by atoms with Crippen LogP contribution < -0.4 is 10.6 Å². The van der Waals surface area contributed by atoms with E-state index in [1.807, 2.05) is 0 Å². The molecule has 0 aliphatic carbocycles. The van der Waals surface area contributed by atoms with Gasteiger partial charge in [0.2, 0.25) is 0 Å². The standard InChI is InChI=1S/C14H26N2Si/c17-12-6-2-5-9-15-10-11-16-13-14-7-3-1-4-8-14/h1,3-4,7-8,15-16H,2,5-6,9-13H2,17H3. The Morgan fingerprint density at radius 1 is 0.824 bits per heavy atom. The Bertz CT molecular complexity index is 264. The van der Waals surface area contributed by atoms with E-state index in [1.165, 1.54) is 47.7 Å². The molecule has 0 unspecified atom stereocenters. The average Bonchev–Trinajstić information content (AvgIpc) is 2.38. The van der Waals surface area contributed by atoms with Gasteiger partial charge in [-0.2, -0.15) is 0 Å². The number of hydrogen-bond acceptors (Lipinski definition) is 2. The van der Waals surface area contributed by atoms with Crippen LogP contribution in [-0.4, -0.2) is 29.9 Å². The van der Waals surface area contributed by atoms with E-state index in [0.29, 0.717) is 0 Å². The minimum Gasteiger partial charge on any atom is -0.315 e. The summed E-state index contributed by atoms with van der Waals surface area (Å²) >= 11 is 0. The lowest BCUT2D eigenvalue weighted by atomic mass is 10.2. The van der Waals surface area contributed by atoms with Crippen molar-refractivity contribution in [2.45, 2.75) is 31.9 Å². The van der Waals surface area contributed by atoms with Crippen molar-refractivity contribution in [3.8, 4) is 0 Å². The Balaban J connectivity index is 1.85. The summed E-state index contributed by atoms with van der Waals surface area (Å²) in [5, 5.41) is 6.93. The maximum absolute atomic E-state index is 3.48. The summed E-state index contributed by atoms with van der Waals surface area (Å²) in [6, 6.07) is 12.0. The van der Waals surface area contributed by atoms with Crippen molar-refractivity contribution in [1.29, 1.82) is 0 Å². The molecule has 0 saturated carbocycles. The second-order valence-electron chi connectivity index (χ2n) is 4.47. The first-order chi connectivity index (χ1) is 8.43. The fourth-order valence-corrected chi connectivity index (χ4v) is 2.31. The molecule has 0 atom stereocenters. The highest BCUT2D eigenvalue weighted by molar-refractivity contribution is 6.08. The molecule has 2 nitrogen and oxygen atoms in total. The zero-order chi connectivity index (χ0) is 12.2. The van der Waals surface area contributed by atoms with Crippen LogP contribution in [0.5, 0.6) is 0 Å². The second kappa shape index (κ2) is 10.5. The number of hydrogen-bond donors (Lipinski definition) is 2. The fourth-order valence-electron chi connectivity index (χ4n) is 1.81. The molecule has 0 aliphatic rings. The largest absolute Gasteiger partial charge is 0.315 e. The molecule has 0 radical (unpaired) electrons. The highest BCUT2D eigenvalue weighted by atomic mass is 28.1. The molecule has 0 heterocycles. The first kappa shape index (κ1) is 14.4. The Labute approximate surface area is 109 Å². The van der Waals surface area contributed by atoms with Crippen molar-refractivity contribution in [1.82, 2.24) is 10.6 Å². The molecule has 0 bridgehead atoms. The van der Waals surface area contributed by atoms with Gasteiger partial charge in [0.05, 0.1) is 0 Å². The van der Waals surface area contributed by atoms with Crippen LogP contribution in [0.15, 0.2) is 30.3 Å². The molecule has 96 valence electrons. The van der Waals surface area contributed by atoms with Crippen LogP contribution in [0.2, 0.25) is 6.04 Å². The fraction of sp³-hybridized carbons (Fsp3) is 0.571. The molecule has 0 aromatic heterocycles. The number of unbranched alkanes of at least 4 members (excludes halogenated alkanes) is 2. The minimum atomic E-state index is 0.975. The summed E-state index contributed by atoms with van der Waals surface area (Å²) in [7, 11) is 1.37. The molecule has 1 rings (SSSR count). The summed E-state index contributed by atoms with van der Waals surface area (Å²) in [6.07, 6.45) is 4.16. The van der Waals surface area contributed by atoms with Gasteiger partial charge in [-0.05, 0) is 18.5 Å². The molecule has 3 heteroatoms. The minimum absolute atomic E-state index is 0.975. The van der Waals surface area contributed by atoms with Gasteiger partial charge < -0.3 is 10.6 Å². The summed E-state index contributed by atoms with van der Waals surface area (Å²) in [5.74, 6) is 0. The molecule has 0 spiro atoms. The summed E-state index contributed by atoms with van der Waals surface area (Å²) < 4.78 is 0. The maximum atomic E-state index is 3.48. The Morgan fingerprint density at radius 2 is 1.59 bits per heavy atom. The Kier molecular flexibility index (Phi) is 8.91. The van der Waals surface area contributed by atoms with E-state index in [-0.39, 0.29) is 0 Å². The average molecular weight is 250 g/mol. The molecule has 2 N–H and O–H groups in total. The Hall–Kier alpha value is -0.643. The summed E-state index contributed by atoms with van der Waals surface area (Å²) in [6.45, 7) is 4.28. The Morgan fingerprint density at radius 3 is 2.35 bits per heavy atom. The van der Waals surface area contributed by atoms with Crippen LogP contribution in [0, 0.1) is 0 Å². The van der Waals surface area contributed by atoms with E-state index in [2.05, 4.69) is 41.0 Å². The van der Waals surface area contributed by atoms with E-state index in [1.54, 1.807) is 0 Å². The van der Waals surface area contributed by atoms with Crippen molar-refractivity contribution < 1.29 is 0 Å². The van der Waals surface area contributed by atoms with Crippen LogP contribution in [0.4, 0.5) is 0 Å². The van der Waals surface area contributed by atoms with Crippen LogP contribution in [0.25, 0.3) is 0 Å². The lowest BCUT2D eigenvalue weighted by molar-refractivity contribution is 0.581. The topological polar surface area (TPSA) is 24.1 Å². The van der Waals surface area contributed by atoms with Gasteiger partial charge in [-0.25, -0.2) is 0 Å². The zero-order valence-electron chi connectivity index (χ0n) is 11.0. The van der Waals surface area contributed by atoms with Gasteiger partial charge in [0, 0.05) is 29.9 Å². The van der Waals surface area contributed by atoms with E-state index in [0.717, 1.165) is 19.6 Å². The summed E-state index contributed by atoms with van der Waals surface area (Å²) in [5.41, 5.74) is 1.36. The molecular formula is C14H26N2Si. The van der Waals surface area contributed by atoms with Crippen molar-refractivity contribution in [2.75, 3.05) is 19.6 Å². The normalized spacial score (nSPS) is 10.8. The number of benzene rings is 1. The van der Waals surface area contributed by atoms with Crippen LogP contribution in [0.3, 0.4) is 0 Å². The molecule has 1 aromatic carbocycles. The van der Waals surface area contributed by atoms with E-state index >= 15 is 0 Å². The maximum Gasteiger partial charge on any atom is 0.0206 e. The van der Waals surface area contributed by atoms with Crippen LogP contribution in [0.1, 0.15) is 24.8 Å². The summed E-state index contributed by atoms with van der Waals surface area (Å²) in [4.78, 5) is 0. The van der Waals surface area contributed by atoms with Gasteiger partial charge in [-0.1, -0.05) is 49.2 Å². The number of nitrogens with one attached hydrogen (secondary N) is 2. The molecule has 0 amide bonds. The molecule has 17 heavy (non-hydrogen) atoms. The quantitative estimate of drug-likeness (QED) is 0.483. The first-order valence-electron chi connectivity index (χ1n) is 6.89. The van der Waals surface area contributed by atoms with Crippen LogP contribution >= 0.6 is 0 Å². The SMILES string of the molecule is [SiH3]CCCCCNCCNCc1ccccc1. The van der Waals surface area contributed by atoms with Crippen LogP contribution in [-0.2, 0) is 6.54 Å². The zero-order valence-corrected chi connectivity index (χ0v) is 13.0. The van der Waals surface area contributed by atoms with Gasteiger partial charge in [0.25, 0.3) is 0 Å². The van der Waals surface area contributed by atoms with Crippen molar-refractivity contribution in [2.24, 2.45) is 0 Å². The van der Waals surface area contributed by atoms with Gasteiger partial charge >= 0.3 is 0 Å². The molecular weight excluding hydrogens is 224 g/mol. The predicted molar refractivity (Wildman–Crippen MR) is 79.6 cm³/mol. The van der Waals surface area contributed by atoms with Gasteiger partial charge in [-0.15, -0.1) is 0 Å². The van der Waals surface area contributed by atoms with Gasteiger partial charge in [0.15, 0.2) is 0 Å². The highest BCUT2D eigenvalue weighted by Gasteiger charge is 1.91. The highest BCUT2D eigenvalue weighted by Crippen LogP contribution is 1.97. The molecule has 0 saturated heterocycles.